The summed E-state index contributed by atoms with van der Waals surface area (Å²) in [6.07, 6.45) is 2.62. The van der Waals surface area contributed by atoms with E-state index in [9.17, 15) is 0 Å². The van der Waals surface area contributed by atoms with Crippen LogP contribution in [-0.4, -0.2) is 19.3 Å². The molecule has 1 aromatic rings. The van der Waals surface area contributed by atoms with Gasteiger partial charge in [-0.1, -0.05) is 12.1 Å². The maximum absolute atomic E-state index is 5.59. The molecule has 15 heavy (non-hydrogen) atoms. The van der Waals surface area contributed by atoms with Crippen LogP contribution in [0.1, 0.15) is 18.4 Å². The summed E-state index contributed by atoms with van der Waals surface area (Å²) in [5.74, 6) is 0. The lowest BCUT2D eigenvalue weighted by Crippen LogP contribution is -2.13. The first kappa shape index (κ1) is 11.0. The van der Waals surface area contributed by atoms with Gasteiger partial charge in [0.15, 0.2) is 0 Å². The third kappa shape index (κ3) is 3.52. The highest BCUT2D eigenvalue weighted by Gasteiger charge is 2.14. The molecule has 0 unspecified atom stereocenters. The normalized spacial score (nSPS) is 20.7. The van der Waals surface area contributed by atoms with Crippen molar-refractivity contribution >= 4 is 12.6 Å². The van der Waals surface area contributed by atoms with Gasteiger partial charge < -0.3 is 9.47 Å². The molecule has 0 amide bonds. The first-order valence-corrected chi connectivity index (χ1v) is 5.76. The topological polar surface area (TPSA) is 18.5 Å². The lowest BCUT2D eigenvalue weighted by Gasteiger charge is -2.09. The maximum Gasteiger partial charge on any atom is 0.0809 e. The van der Waals surface area contributed by atoms with Gasteiger partial charge in [0.25, 0.3) is 0 Å². The van der Waals surface area contributed by atoms with E-state index in [1.807, 2.05) is 24.3 Å². The van der Waals surface area contributed by atoms with Gasteiger partial charge in [-0.2, -0.15) is 0 Å². The van der Waals surface area contributed by atoms with E-state index in [1.54, 1.807) is 0 Å². The standard InChI is InChI=1S/C12H16O2S/c15-12-5-3-10(4-6-12)8-13-9-11-2-1-7-14-11/h3-6,11,15H,1-2,7-9H2/t11-/m1/s1. The second kappa shape index (κ2) is 5.54. The SMILES string of the molecule is Sc1ccc(COC[C@H]2CCCO2)cc1. The molecular weight excluding hydrogens is 208 g/mol. The second-order valence-corrected chi connectivity index (χ2v) is 4.33. The molecule has 1 atom stereocenters. The van der Waals surface area contributed by atoms with Crippen molar-refractivity contribution in [3.05, 3.63) is 29.8 Å². The van der Waals surface area contributed by atoms with Crippen LogP contribution in [0.3, 0.4) is 0 Å². The Morgan fingerprint density at radius 1 is 1.33 bits per heavy atom. The molecule has 0 saturated carbocycles. The van der Waals surface area contributed by atoms with Gasteiger partial charge in [-0.05, 0) is 30.5 Å². The zero-order valence-corrected chi connectivity index (χ0v) is 9.58. The minimum absolute atomic E-state index is 0.314. The molecule has 2 rings (SSSR count). The van der Waals surface area contributed by atoms with E-state index in [0.29, 0.717) is 19.3 Å². The van der Waals surface area contributed by atoms with Crippen LogP contribution in [0.25, 0.3) is 0 Å². The third-order valence-corrected chi connectivity index (χ3v) is 2.83. The molecule has 0 bridgehead atoms. The summed E-state index contributed by atoms with van der Waals surface area (Å²) >= 11 is 4.23. The largest absolute Gasteiger partial charge is 0.376 e. The van der Waals surface area contributed by atoms with Crippen LogP contribution in [0.5, 0.6) is 0 Å². The fraction of sp³-hybridized carbons (Fsp3) is 0.500. The molecule has 1 heterocycles. The molecule has 3 heteroatoms. The number of ether oxygens (including phenoxy) is 2. The van der Waals surface area contributed by atoms with Gasteiger partial charge in [-0.3, -0.25) is 0 Å². The molecule has 2 nitrogen and oxygen atoms in total. The van der Waals surface area contributed by atoms with Crippen molar-refractivity contribution in [3.8, 4) is 0 Å². The number of hydrogen-bond donors (Lipinski definition) is 1. The van der Waals surface area contributed by atoms with Crippen LogP contribution < -0.4 is 0 Å². The number of rotatable bonds is 4. The van der Waals surface area contributed by atoms with Gasteiger partial charge in [0.05, 0.1) is 19.3 Å². The van der Waals surface area contributed by atoms with Crippen LogP contribution in [0.4, 0.5) is 0 Å². The van der Waals surface area contributed by atoms with Crippen LogP contribution in [0.15, 0.2) is 29.2 Å². The Balaban J connectivity index is 1.71. The van der Waals surface area contributed by atoms with Gasteiger partial charge in [0, 0.05) is 11.5 Å². The van der Waals surface area contributed by atoms with E-state index in [4.69, 9.17) is 9.47 Å². The van der Waals surface area contributed by atoms with Crippen LogP contribution in [0.2, 0.25) is 0 Å². The van der Waals surface area contributed by atoms with Crippen molar-refractivity contribution in [2.45, 2.75) is 30.4 Å². The summed E-state index contributed by atoms with van der Waals surface area (Å²) in [7, 11) is 0. The highest BCUT2D eigenvalue weighted by atomic mass is 32.1. The zero-order chi connectivity index (χ0) is 10.5. The summed E-state index contributed by atoms with van der Waals surface area (Å²) in [5, 5.41) is 0. The monoisotopic (exact) mass is 224 g/mol. The minimum Gasteiger partial charge on any atom is -0.376 e. The average molecular weight is 224 g/mol. The molecule has 0 spiro atoms. The molecule has 0 aliphatic carbocycles. The van der Waals surface area contributed by atoms with E-state index in [1.165, 1.54) is 12.0 Å². The van der Waals surface area contributed by atoms with E-state index >= 15 is 0 Å². The van der Waals surface area contributed by atoms with Crippen LogP contribution in [0, 0.1) is 0 Å². The summed E-state index contributed by atoms with van der Waals surface area (Å²) in [4.78, 5) is 0.984. The molecule has 1 aromatic carbocycles. The van der Waals surface area contributed by atoms with Crippen molar-refractivity contribution in [3.63, 3.8) is 0 Å². The highest BCUT2D eigenvalue weighted by molar-refractivity contribution is 7.80. The molecule has 1 saturated heterocycles. The molecule has 0 aromatic heterocycles. The number of benzene rings is 1. The molecule has 1 aliphatic heterocycles. The molecule has 1 aliphatic rings. The van der Waals surface area contributed by atoms with Crippen molar-refractivity contribution in [1.29, 1.82) is 0 Å². The molecule has 1 fully saturated rings. The quantitative estimate of drug-likeness (QED) is 0.793. The lowest BCUT2D eigenvalue weighted by molar-refractivity contribution is 0.0106. The van der Waals surface area contributed by atoms with E-state index in [0.717, 1.165) is 17.9 Å². The Hall–Kier alpha value is -0.510. The van der Waals surface area contributed by atoms with Gasteiger partial charge in [-0.15, -0.1) is 12.6 Å². The van der Waals surface area contributed by atoms with Crippen molar-refractivity contribution in [2.24, 2.45) is 0 Å². The molecular formula is C12H16O2S. The molecule has 0 N–H and O–H groups in total. The summed E-state index contributed by atoms with van der Waals surface area (Å²) < 4.78 is 11.1. The fourth-order valence-corrected chi connectivity index (χ4v) is 1.83. The Morgan fingerprint density at radius 3 is 2.80 bits per heavy atom. The van der Waals surface area contributed by atoms with Gasteiger partial charge in [0.1, 0.15) is 0 Å². The predicted molar refractivity (Wildman–Crippen MR) is 62.3 cm³/mol. The average Bonchev–Trinajstić information content (AvgIpc) is 2.74. The Kier molecular flexibility index (Phi) is 4.06. The van der Waals surface area contributed by atoms with Crippen molar-refractivity contribution in [1.82, 2.24) is 0 Å². The Labute approximate surface area is 96.0 Å². The van der Waals surface area contributed by atoms with Crippen molar-refractivity contribution < 1.29 is 9.47 Å². The second-order valence-electron chi connectivity index (χ2n) is 3.82. The number of thiol groups is 1. The number of hydrogen-bond acceptors (Lipinski definition) is 3. The highest BCUT2D eigenvalue weighted by Crippen LogP contribution is 2.13. The predicted octanol–water partition coefficient (Wildman–Crippen LogP) is 2.67. The van der Waals surface area contributed by atoms with Gasteiger partial charge in [-0.25, -0.2) is 0 Å². The lowest BCUT2D eigenvalue weighted by atomic mass is 10.2. The summed E-state index contributed by atoms with van der Waals surface area (Å²) in [5.41, 5.74) is 1.19. The third-order valence-electron chi connectivity index (χ3n) is 2.53. The fourth-order valence-electron chi connectivity index (χ4n) is 1.68. The van der Waals surface area contributed by atoms with Gasteiger partial charge in [0.2, 0.25) is 0 Å². The zero-order valence-electron chi connectivity index (χ0n) is 8.69. The Bertz CT molecular complexity index is 291. The first-order valence-electron chi connectivity index (χ1n) is 5.32. The van der Waals surface area contributed by atoms with E-state index in [-0.39, 0.29) is 0 Å². The maximum atomic E-state index is 5.59. The first-order chi connectivity index (χ1) is 7.34. The van der Waals surface area contributed by atoms with E-state index in [2.05, 4.69) is 12.6 Å². The van der Waals surface area contributed by atoms with Crippen LogP contribution >= 0.6 is 12.6 Å². The van der Waals surface area contributed by atoms with Crippen LogP contribution in [-0.2, 0) is 16.1 Å². The molecule has 0 radical (unpaired) electrons. The van der Waals surface area contributed by atoms with Crippen molar-refractivity contribution in [2.75, 3.05) is 13.2 Å². The van der Waals surface area contributed by atoms with E-state index < -0.39 is 0 Å². The summed E-state index contributed by atoms with van der Waals surface area (Å²) in [6, 6.07) is 8.04. The minimum atomic E-state index is 0.314. The Morgan fingerprint density at radius 2 is 2.13 bits per heavy atom. The summed E-state index contributed by atoms with van der Waals surface area (Å²) in [6.45, 7) is 2.26. The smallest absolute Gasteiger partial charge is 0.0809 e. The van der Waals surface area contributed by atoms with Gasteiger partial charge >= 0.3 is 0 Å². The molecule has 82 valence electrons.